The number of carboxylic acids is 1. The van der Waals surface area contributed by atoms with Gasteiger partial charge in [0, 0.05) is 12.8 Å². The van der Waals surface area contributed by atoms with Gasteiger partial charge in [-0.25, -0.2) is 0 Å². The molecule has 2 unspecified atom stereocenters. The van der Waals surface area contributed by atoms with Crippen molar-refractivity contribution in [2.75, 3.05) is 6.61 Å². The van der Waals surface area contributed by atoms with Crippen LogP contribution in [0.25, 0.3) is 0 Å². The molecule has 0 aliphatic heterocycles. The summed E-state index contributed by atoms with van der Waals surface area (Å²) < 4.78 is 6.24. The predicted octanol–water partition coefficient (Wildman–Crippen LogP) is 6.96. The Morgan fingerprint density at radius 2 is 1.96 bits per heavy atom. The lowest BCUT2D eigenvalue weighted by molar-refractivity contribution is -0.137. The number of hydrogen-bond donors (Lipinski definition) is 1. The maximum Gasteiger partial charge on any atom is 0.303 e. The SMILES string of the molecule is CCCC(COC1=CCC(CCC(=O)O)CC1)CC1(C)CCC(C)(C)CC1. The standard InChI is InChI=1S/C24H42O3/c1-5-6-20(17-24(4)15-13-23(2,3)14-16-24)18-27-21-10-7-19(8-11-21)9-12-22(25)26/h10,19-20H,5-9,11-18H2,1-4H3,(H,25,26). The topological polar surface area (TPSA) is 46.5 Å². The zero-order valence-electron chi connectivity index (χ0n) is 18.2. The van der Waals surface area contributed by atoms with Crippen LogP contribution in [0.3, 0.4) is 0 Å². The van der Waals surface area contributed by atoms with Crippen molar-refractivity contribution in [2.24, 2.45) is 22.7 Å². The van der Waals surface area contributed by atoms with Crippen LogP contribution in [-0.2, 0) is 9.53 Å². The Kier molecular flexibility index (Phi) is 8.24. The molecule has 3 heteroatoms. The lowest BCUT2D eigenvalue weighted by Gasteiger charge is -2.43. The Balaban J connectivity index is 1.78. The molecule has 0 heterocycles. The molecule has 0 amide bonds. The van der Waals surface area contributed by atoms with Crippen LogP contribution in [0.5, 0.6) is 0 Å². The molecule has 0 spiro atoms. The van der Waals surface area contributed by atoms with Crippen molar-refractivity contribution >= 4 is 5.97 Å². The molecule has 2 aliphatic rings. The van der Waals surface area contributed by atoms with Crippen molar-refractivity contribution in [3.8, 4) is 0 Å². The van der Waals surface area contributed by atoms with Gasteiger partial charge >= 0.3 is 5.97 Å². The molecule has 3 nitrogen and oxygen atoms in total. The first-order valence-corrected chi connectivity index (χ1v) is 11.2. The Morgan fingerprint density at radius 1 is 1.26 bits per heavy atom. The Labute approximate surface area is 167 Å². The number of ether oxygens (including phenoxy) is 1. The average Bonchev–Trinajstić information content (AvgIpc) is 2.62. The molecule has 2 aliphatic carbocycles. The van der Waals surface area contributed by atoms with Crippen LogP contribution in [-0.4, -0.2) is 17.7 Å². The lowest BCUT2D eigenvalue weighted by atomic mass is 9.63. The molecular formula is C24H42O3. The highest BCUT2D eigenvalue weighted by Gasteiger charge is 2.36. The van der Waals surface area contributed by atoms with Crippen molar-refractivity contribution in [1.29, 1.82) is 0 Å². The summed E-state index contributed by atoms with van der Waals surface area (Å²) in [6.45, 7) is 10.5. The van der Waals surface area contributed by atoms with E-state index in [0.29, 0.717) is 29.1 Å². The highest BCUT2D eigenvalue weighted by atomic mass is 16.5. The van der Waals surface area contributed by atoms with Crippen LogP contribution >= 0.6 is 0 Å². The second-order valence-corrected chi connectivity index (χ2v) is 10.4. The van der Waals surface area contributed by atoms with Gasteiger partial charge in [-0.1, -0.05) is 34.1 Å². The zero-order valence-corrected chi connectivity index (χ0v) is 18.2. The van der Waals surface area contributed by atoms with E-state index in [1.54, 1.807) is 0 Å². The van der Waals surface area contributed by atoms with Gasteiger partial charge in [0.25, 0.3) is 0 Å². The third kappa shape index (κ3) is 7.87. The minimum absolute atomic E-state index is 0.294. The quantitative estimate of drug-likeness (QED) is 0.446. The van der Waals surface area contributed by atoms with Crippen LogP contribution in [0, 0.1) is 22.7 Å². The summed E-state index contributed by atoms with van der Waals surface area (Å²) in [5.41, 5.74) is 1.02. The van der Waals surface area contributed by atoms with E-state index in [0.717, 1.165) is 38.0 Å². The second-order valence-electron chi connectivity index (χ2n) is 10.4. The monoisotopic (exact) mass is 378 g/mol. The summed E-state index contributed by atoms with van der Waals surface area (Å²) in [6.07, 6.45) is 15.6. The predicted molar refractivity (Wildman–Crippen MR) is 112 cm³/mol. The van der Waals surface area contributed by atoms with Crippen LogP contribution < -0.4 is 0 Å². The second kappa shape index (κ2) is 9.98. The van der Waals surface area contributed by atoms with Crippen molar-refractivity contribution < 1.29 is 14.6 Å². The van der Waals surface area contributed by atoms with E-state index in [4.69, 9.17) is 9.84 Å². The van der Waals surface area contributed by atoms with E-state index in [1.807, 2.05) is 0 Å². The first kappa shape index (κ1) is 22.3. The van der Waals surface area contributed by atoms with Crippen LogP contribution in [0.1, 0.15) is 105 Å². The maximum atomic E-state index is 10.7. The molecule has 1 N–H and O–H groups in total. The van der Waals surface area contributed by atoms with Gasteiger partial charge in [-0.3, -0.25) is 4.79 Å². The van der Waals surface area contributed by atoms with Gasteiger partial charge in [-0.2, -0.15) is 0 Å². The van der Waals surface area contributed by atoms with Crippen LogP contribution in [0.4, 0.5) is 0 Å². The number of carboxylic acid groups (broad SMARTS) is 1. The fourth-order valence-corrected chi connectivity index (χ4v) is 4.89. The van der Waals surface area contributed by atoms with Crippen molar-refractivity contribution in [3.05, 3.63) is 11.8 Å². The number of allylic oxidation sites excluding steroid dienone is 2. The van der Waals surface area contributed by atoms with Gasteiger partial charge in [0.05, 0.1) is 12.4 Å². The molecule has 0 bridgehead atoms. The minimum Gasteiger partial charge on any atom is -0.498 e. The molecule has 156 valence electrons. The summed E-state index contributed by atoms with van der Waals surface area (Å²) in [4.78, 5) is 10.7. The Hall–Kier alpha value is -0.990. The fraction of sp³-hybridized carbons (Fsp3) is 0.875. The normalized spacial score (nSPS) is 25.5. The molecule has 2 atom stereocenters. The van der Waals surface area contributed by atoms with Gasteiger partial charge in [-0.15, -0.1) is 0 Å². The highest BCUT2D eigenvalue weighted by molar-refractivity contribution is 5.66. The molecule has 0 aromatic heterocycles. The molecule has 0 aromatic rings. The molecule has 0 saturated heterocycles. The lowest BCUT2D eigenvalue weighted by Crippen LogP contribution is -2.31. The van der Waals surface area contributed by atoms with Crippen LogP contribution in [0.2, 0.25) is 0 Å². The molecule has 0 aromatic carbocycles. The summed E-state index contributed by atoms with van der Waals surface area (Å²) in [6, 6.07) is 0. The van der Waals surface area contributed by atoms with Crippen molar-refractivity contribution in [3.63, 3.8) is 0 Å². The summed E-state index contributed by atoms with van der Waals surface area (Å²) in [5.74, 6) is 1.65. The summed E-state index contributed by atoms with van der Waals surface area (Å²) >= 11 is 0. The zero-order chi connectivity index (χ0) is 19.9. The Bertz CT molecular complexity index is 496. The third-order valence-electron chi connectivity index (χ3n) is 7.04. The maximum absolute atomic E-state index is 10.7. The van der Waals surface area contributed by atoms with E-state index in [-0.39, 0.29) is 0 Å². The van der Waals surface area contributed by atoms with Gasteiger partial charge in [0.15, 0.2) is 0 Å². The fourth-order valence-electron chi connectivity index (χ4n) is 4.89. The molecule has 1 fully saturated rings. The minimum atomic E-state index is -0.678. The van der Waals surface area contributed by atoms with Gasteiger partial charge in [-0.05, 0) is 86.5 Å². The average molecular weight is 379 g/mol. The number of rotatable bonds is 10. The van der Waals surface area contributed by atoms with E-state index in [1.165, 1.54) is 44.9 Å². The molecule has 27 heavy (non-hydrogen) atoms. The summed E-state index contributed by atoms with van der Waals surface area (Å²) in [7, 11) is 0. The Morgan fingerprint density at radius 3 is 2.52 bits per heavy atom. The van der Waals surface area contributed by atoms with Crippen molar-refractivity contribution in [1.82, 2.24) is 0 Å². The molecule has 2 rings (SSSR count). The van der Waals surface area contributed by atoms with E-state index >= 15 is 0 Å². The molecule has 1 saturated carbocycles. The van der Waals surface area contributed by atoms with E-state index in [9.17, 15) is 4.79 Å². The van der Waals surface area contributed by atoms with E-state index in [2.05, 4.69) is 33.8 Å². The highest BCUT2D eigenvalue weighted by Crippen LogP contribution is 2.48. The van der Waals surface area contributed by atoms with Crippen LogP contribution in [0.15, 0.2) is 11.8 Å². The van der Waals surface area contributed by atoms with Gasteiger partial charge < -0.3 is 9.84 Å². The number of aliphatic carboxylic acids is 1. The summed E-state index contributed by atoms with van der Waals surface area (Å²) in [5, 5.41) is 8.84. The smallest absolute Gasteiger partial charge is 0.303 e. The van der Waals surface area contributed by atoms with E-state index < -0.39 is 5.97 Å². The van der Waals surface area contributed by atoms with Crippen molar-refractivity contribution in [2.45, 2.75) is 105 Å². The number of hydrogen-bond acceptors (Lipinski definition) is 2. The number of carbonyl (C=O) groups is 1. The third-order valence-corrected chi connectivity index (χ3v) is 7.04. The molecular weight excluding hydrogens is 336 g/mol. The van der Waals surface area contributed by atoms with Gasteiger partial charge in [0.1, 0.15) is 0 Å². The molecule has 0 radical (unpaired) electrons. The first-order valence-electron chi connectivity index (χ1n) is 11.2. The largest absolute Gasteiger partial charge is 0.498 e. The van der Waals surface area contributed by atoms with Gasteiger partial charge in [0.2, 0.25) is 0 Å². The first-order chi connectivity index (χ1) is 12.7.